The molecule has 33 heavy (non-hydrogen) atoms. The Bertz CT molecular complexity index is 904. The Morgan fingerprint density at radius 2 is 1.79 bits per heavy atom. The minimum atomic E-state index is -0.0319. The van der Waals surface area contributed by atoms with Crippen LogP contribution in [0.1, 0.15) is 63.4 Å². The fourth-order valence-electron chi connectivity index (χ4n) is 4.70. The van der Waals surface area contributed by atoms with Crippen LogP contribution >= 0.6 is 0 Å². The molecule has 0 saturated carbocycles. The Kier molecular flexibility index (Phi) is 7.92. The van der Waals surface area contributed by atoms with Gasteiger partial charge in [-0.15, -0.1) is 5.10 Å². The van der Waals surface area contributed by atoms with Gasteiger partial charge in [0.15, 0.2) is 5.82 Å². The first kappa shape index (κ1) is 23.2. The predicted octanol–water partition coefficient (Wildman–Crippen LogP) is 4.23. The maximum atomic E-state index is 12.6. The molecule has 0 unspecified atom stereocenters. The minimum absolute atomic E-state index is 0.0319. The zero-order chi connectivity index (χ0) is 23.0. The lowest BCUT2D eigenvalue weighted by Crippen LogP contribution is -2.52. The largest absolute Gasteiger partial charge is 0.353 e. The molecule has 0 aliphatic carbocycles. The molecule has 2 fully saturated rings. The smallest absolute Gasteiger partial charge is 0.231 e. The molecule has 7 heteroatoms. The molecule has 4 rings (SSSR count). The highest BCUT2D eigenvalue weighted by Crippen LogP contribution is 2.30. The fourth-order valence-corrected chi connectivity index (χ4v) is 4.70. The van der Waals surface area contributed by atoms with Crippen LogP contribution < -0.4 is 10.2 Å². The molecule has 0 radical (unpaired) electrons. The molecule has 3 heterocycles. The Labute approximate surface area is 196 Å². The lowest BCUT2D eigenvalue weighted by molar-refractivity contribution is -0.132. The molecule has 2 aliphatic heterocycles. The average molecular weight is 450 g/mol. The Balaban J connectivity index is 1.19. The van der Waals surface area contributed by atoms with Crippen molar-refractivity contribution >= 4 is 23.3 Å². The lowest BCUT2D eigenvalue weighted by atomic mass is 9.89. The van der Waals surface area contributed by atoms with Crippen molar-refractivity contribution in [3.63, 3.8) is 0 Å². The van der Waals surface area contributed by atoms with Gasteiger partial charge in [0.25, 0.3) is 0 Å². The molecule has 7 nitrogen and oxygen atoms in total. The first-order valence-electron chi connectivity index (χ1n) is 12.3. The van der Waals surface area contributed by atoms with E-state index in [1.807, 2.05) is 29.2 Å². The molecule has 1 aromatic heterocycles. The van der Waals surface area contributed by atoms with Crippen molar-refractivity contribution in [3.05, 3.63) is 48.2 Å². The van der Waals surface area contributed by atoms with Crippen LogP contribution in [-0.2, 0) is 9.59 Å². The summed E-state index contributed by atoms with van der Waals surface area (Å²) in [4.78, 5) is 29.1. The number of hydrogen-bond donors (Lipinski definition) is 1. The lowest BCUT2D eigenvalue weighted by Gasteiger charge is -2.38. The minimum Gasteiger partial charge on any atom is -0.353 e. The summed E-state index contributed by atoms with van der Waals surface area (Å²) in [7, 11) is 0. The van der Waals surface area contributed by atoms with Gasteiger partial charge < -0.3 is 15.1 Å². The van der Waals surface area contributed by atoms with E-state index in [0.29, 0.717) is 31.3 Å². The molecule has 1 N–H and O–H groups in total. The van der Waals surface area contributed by atoms with E-state index in [-0.39, 0.29) is 11.8 Å². The Morgan fingerprint density at radius 3 is 2.45 bits per heavy atom. The number of unbranched alkanes of at least 4 members (excludes halogenated alkanes) is 3. The second-order valence-corrected chi connectivity index (χ2v) is 9.26. The first-order valence-corrected chi connectivity index (χ1v) is 12.3. The SMILES string of the molecule is CCCCCCC(=O)N1CCC(c2ccc(NC(=O)C3CN(c4cccnn4)C3)cc2)CC1. The molecule has 0 spiro atoms. The third-order valence-electron chi connectivity index (χ3n) is 6.88. The van der Waals surface area contributed by atoms with Crippen molar-refractivity contribution in [2.45, 2.75) is 57.8 Å². The van der Waals surface area contributed by atoms with Crippen LogP contribution in [0.3, 0.4) is 0 Å². The zero-order valence-corrected chi connectivity index (χ0v) is 19.6. The number of hydrogen-bond acceptors (Lipinski definition) is 5. The number of rotatable bonds is 9. The van der Waals surface area contributed by atoms with E-state index in [1.54, 1.807) is 6.20 Å². The van der Waals surface area contributed by atoms with Crippen LogP contribution in [0.25, 0.3) is 0 Å². The molecule has 0 bridgehead atoms. The van der Waals surface area contributed by atoms with Crippen molar-refractivity contribution in [1.82, 2.24) is 15.1 Å². The number of benzene rings is 1. The van der Waals surface area contributed by atoms with Crippen LogP contribution in [0.5, 0.6) is 0 Å². The van der Waals surface area contributed by atoms with Gasteiger partial charge in [0.1, 0.15) is 0 Å². The monoisotopic (exact) mass is 449 g/mol. The third kappa shape index (κ3) is 6.09. The Morgan fingerprint density at radius 1 is 1.03 bits per heavy atom. The van der Waals surface area contributed by atoms with Gasteiger partial charge in [-0.2, -0.15) is 5.10 Å². The number of carbonyl (C=O) groups is 2. The average Bonchev–Trinajstić information content (AvgIpc) is 2.82. The van der Waals surface area contributed by atoms with Crippen LogP contribution in [0.4, 0.5) is 11.5 Å². The summed E-state index contributed by atoms with van der Waals surface area (Å²) in [5.41, 5.74) is 2.13. The summed E-state index contributed by atoms with van der Waals surface area (Å²) in [5, 5.41) is 11.0. The van der Waals surface area contributed by atoms with Gasteiger partial charge in [-0.1, -0.05) is 38.3 Å². The number of anilines is 2. The topological polar surface area (TPSA) is 78.4 Å². The number of amides is 2. The van der Waals surface area contributed by atoms with Crippen LogP contribution in [0.15, 0.2) is 42.6 Å². The van der Waals surface area contributed by atoms with Gasteiger partial charge in [-0.25, -0.2) is 0 Å². The normalized spacial score (nSPS) is 17.0. The molecule has 2 saturated heterocycles. The summed E-state index contributed by atoms with van der Waals surface area (Å²) in [5.74, 6) is 1.63. The molecule has 2 amide bonds. The predicted molar refractivity (Wildman–Crippen MR) is 130 cm³/mol. The summed E-state index contributed by atoms with van der Waals surface area (Å²) < 4.78 is 0. The summed E-state index contributed by atoms with van der Waals surface area (Å²) in [6.07, 6.45) is 8.94. The van der Waals surface area contributed by atoms with Crippen molar-refractivity contribution in [1.29, 1.82) is 0 Å². The molecule has 2 aromatic rings. The van der Waals surface area contributed by atoms with Crippen molar-refractivity contribution in [3.8, 4) is 0 Å². The van der Waals surface area contributed by atoms with E-state index in [1.165, 1.54) is 18.4 Å². The highest BCUT2D eigenvalue weighted by molar-refractivity contribution is 5.94. The molecular formula is C26H35N5O2. The highest BCUT2D eigenvalue weighted by atomic mass is 16.2. The van der Waals surface area contributed by atoms with E-state index < -0.39 is 0 Å². The van der Waals surface area contributed by atoms with E-state index in [4.69, 9.17) is 0 Å². The number of nitrogens with zero attached hydrogens (tertiary/aromatic N) is 4. The van der Waals surface area contributed by atoms with Crippen LogP contribution in [-0.4, -0.2) is 53.1 Å². The van der Waals surface area contributed by atoms with Crippen molar-refractivity contribution in [2.75, 3.05) is 36.4 Å². The van der Waals surface area contributed by atoms with Gasteiger partial charge in [0.05, 0.1) is 5.92 Å². The Hall–Kier alpha value is -2.96. The molecule has 1 aromatic carbocycles. The number of nitrogens with one attached hydrogen (secondary N) is 1. The summed E-state index contributed by atoms with van der Waals surface area (Å²) in [6, 6.07) is 12.0. The van der Waals surface area contributed by atoms with E-state index in [2.05, 4.69) is 39.5 Å². The second-order valence-electron chi connectivity index (χ2n) is 9.26. The van der Waals surface area contributed by atoms with Gasteiger partial charge in [0, 0.05) is 44.5 Å². The standard InChI is InChI=1S/C26H35N5O2/c1-2-3-4-5-8-25(32)30-16-13-21(14-17-30)20-9-11-23(12-10-20)28-26(33)22-18-31(19-22)24-7-6-15-27-29-24/h6-7,9-12,15,21-22H,2-5,8,13-14,16-19H2,1H3,(H,28,33). The van der Waals surface area contributed by atoms with E-state index >= 15 is 0 Å². The van der Waals surface area contributed by atoms with E-state index in [0.717, 1.165) is 50.3 Å². The summed E-state index contributed by atoms with van der Waals surface area (Å²) >= 11 is 0. The maximum absolute atomic E-state index is 12.6. The fraction of sp³-hybridized carbons (Fsp3) is 0.538. The quantitative estimate of drug-likeness (QED) is 0.580. The first-order chi connectivity index (χ1) is 16.1. The van der Waals surface area contributed by atoms with Crippen LogP contribution in [0, 0.1) is 5.92 Å². The molecular weight excluding hydrogens is 414 g/mol. The maximum Gasteiger partial charge on any atom is 0.231 e. The van der Waals surface area contributed by atoms with Gasteiger partial charge in [-0.05, 0) is 55.0 Å². The number of piperidine rings is 1. The van der Waals surface area contributed by atoms with E-state index in [9.17, 15) is 9.59 Å². The highest BCUT2D eigenvalue weighted by Gasteiger charge is 2.33. The zero-order valence-electron chi connectivity index (χ0n) is 19.6. The van der Waals surface area contributed by atoms with Crippen molar-refractivity contribution in [2.24, 2.45) is 5.92 Å². The summed E-state index contributed by atoms with van der Waals surface area (Å²) in [6.45, 7) is 5.22. The van der Waals surface area contributed by atoms with Gasteiger partial charge in [0.2, 0.25) is 11.8 Å². The third-order valence-corrected chi connectivity index (χ3v) is 6.88. The van der Waals surface area contributed by atoms with Crippen LogP contribution in [0.2, 0.25) is 0 Å². The molecule has 0 atom stereocenters. The van der Waals surface area contributed by atoms with Crippen molar-refractivity contribution < 1.29 is 9.59 Å². The number of aromatic nitrogens is 2. The molecule has 176 valence electrons. The molecule has 2 aliphatic rings. The number of likely N-dealkylation sites (tertiary alicyclic amines) is 1. The van der Waals surface area contributed by atoms with Gasteiger partial charge in [-0.3, -0.25) is 9.59 Å². The van der Waals surface area contributed by atoms with Gasteiger partial charge >= 0.3 is 0 Å². The second kappa shape index (κ2) is 11.3. The number of carbonyl (C=O) groups excluding carboxylic acids is 2.